The Kier molecular flexibility index (Phi) is 8.81. The molecule has 28 heavy (non-hydrogen) atoms. The molecule has 0 bridgehead atoms. The normalized spacial score (nSPS) is 10.1. The molecule has 1 heterocycles. The Labute approximate surface area is 190 Å². The average Bonchev–Trinajstić information content (AvgIpc) is 2.69. The first-order valence-corrected chi connectivity index (χ1v) is 9.54. The van der Waals surface area contributed by atoms with Gasteiger partial charge in [0.1, 0.15) is 5.75 Å². The number of benzene rings is 2. The summed E-state index contributed by atoms with van der Waals surface area (Å²) in [5, 5.41) is 21.5. The quantitative estimate of drug-likeness (QED) is 0.318. The van der Waals surface area contributed by atoms with Gasteiger partial charge in [-0.05, 0) is 43.2 Å². The summed E-state index contributed by atoms with van der Waals surface area (Å²) in [4.78, 5) is 15.6. The van der Waals surface area contributed by atoms with Crippen LogP contribution in [0.4, 0.5) is 0 Å². The van der Waals surface area contributed by atoms with Crippen molar-refractivity contribution in [2.45, 2.75) is 24.2 Å². The maximum absolute atomic E-state index is 10.5. The largest absolute Gasteiger partial charge is 1.00 e. The van der Waals surface area contributed by atoms with E-state index in [0.29, 0.717) is 23.5 Å². The first-order chi connectivity index (χ1) is 13.2. The Morgan fingerprint density at radius 2 is 1.89 bits per heavy atom. The number of carboxylic acids is 1. The number of hydrogen-bond donors (Lipinski definition) is 0. The third-order valence-electron chi connectivity index (χ3n) is 4.00. The van der Waals surface area contributed by atoms with E-state index in [1.165, 1.54) is 0 Å². The number of carbonyl (C=O) groups excluding carboxylic acids is 1. The molecule has 0 aliphatic heterocycles. The van der Waals surface area contributed by atoms with E-state index in [9.17, 15) is 15.2 Å². The minimum absolute atomic E-state index is 0. The molecular weight excluding hydrogens is 383 g/mol. The Balaban J connectivity index is 0.00000280. The second-order valence-corrected chi connectivity index (χ2v) is 7.01. The van der Waals surface area contributed by atoms with Crippen molar-refractivity contribution >= 4 is 28.5 Å². The first kappa shape index (κ1) is 22.3. The van der Waals surface area contributed by atoms with Gasteiger partial charge in [-0.3, -0.25) is 4.98 Å². The maximum Gasteiger partial charge on any atom is 1.00 e. The fourth-order valence-corrected chi connectivity index (χ4v) is 3.66. The molecule has 5 nitrogen and oxygen atoms in total. The maximum atomic E-state index is 10.5. The molecule has 0 unspecified atom stereocenters. The van der Waals surface area contributed by atoms with Crippen molar-refractivity contribution in [3.05, 3.63) is 60.4 Å². The second-order valence-electron chi connectivity index (χ2n) is 5.87. The standard InChI is InChI=1S/C21H18N2O3S.Na/c22-13-15-8-9-18(17-6-2-1-5-16(15)17)26-19-14-23-11-10-20(19)27-12-4-3-7-21(24)25;/h1-2,5-6,8-11,14H,3-4,7,12H2,(H,24,25);/q;+1/p-1. The number of unbranched alkanes of at least 4 members (excludes halogenated alkanes) is 1. The van der Waals surface area contributed by atoms with E-state index < -0.39 is 5.97 Å². The molecule has 0 atom stereocenters. The van der Waals surface area contributed by atoms with E-state index in [-0.39, 0.29) is 36.0 Å². The van der Waals surface area contributed by atoms with E-state index in [1.54, 1.807) is 36.3 Å². The monoisotopic (exact) mass is 400 g/mol. The summed E-state index contributed by atoms with van der Waals surface area (Å²) >= 11 is 1.60. The van der Waals surface area contributed by atoms with Crippen LogP contribution in [0.15, 0.2) is 59.8 Å². The molecule has 1 aromatic heterocycles. The number of carboxylic acid groups (broad SMARTS) is 1. The first-order valence-electron chi connectivity index (χ1n) is 8.55. The van der Waals surface area contributed by atoms with Crippen LogP contribution in [-0.2, 0) is 4.79 Å². The summed E-state index contributed by atoms with van der Waals surface area (Å²) < 4.78 is 6.12. The van der Waals surface area contributed by atoms with Crippen LogP contribution in [0, 0.1) is 11.3 Å². The van der Waals surface area contributed by atoms with Gasteiger partial charge in [-0.15, -0.1) is 11.8 Å². The Morgan fingerprint density at radius 3 is 2.64 bits per heavy atom. The van der Waals surface area contributed by atoms with Crippen LogP contribution < -0.4 is 39.4 Å². The Bertz CT molecular complexity index is 1000. The van der Waals surface area contributed by atoms with E-state index in [4.69, 9.17) is 4.74 Å². The van der Waals surface area contributed by atoms with Crippen LogP contribution in [-0.4, -0.2) is 16.7 Å². The van der Waals surface area contributed by atoms with Gasteiger partial charge in [-0.2, -0.15) is 5.26 Å². The summed E-state index contributed by atoms with van der Waals surface area (Å²) in [6, 6.07) is 15.3. The molecule has 0 saturated heterocycles. The van der Waals surface area contributed by atoms with Crippen molar-refractivity contribution < 1.29 is 44.2 Å². The zero-order valence-corrected chi connectivity index (χ0v) is 18.4. The molecule has 2 aromatic carbocycles. The van der Waals surface area contributed by atoms with E-state index in [1.807, 2.05) is 30.3 Å². The van der Waals surface area contributed by atoms with Gasteiger partial charge >= 0.3 is 29.6 Å². The fourth-order valence-electron chi connectivity index (χ4n) is 2.69. The predicted octanol–water partition coefficient (Wildman–Crippen LogP) is 0.915. The van der Waals surface area contributed by atoms with Crippen molar-refractivity contribution in [1.29, 1.82) is 5.26 Å². The zero-order chi connectivity index (χ0) is 19.1. The van der Waals surface area contributed by atoms with Gasteiger partial charge in [0.25, 0.3) is 0 Å². The number of nitrogens with zero attached hydrogens (tertiary/aromatic N) is 2. The van der Waals surface area contributed by atoms with Crippen molar-refractivity contribution in [2.75, 3.05) is 5.75 Å². The number of aromatic nitrogens is 1. The number of rotatable bonds is 8. The van der Waals surface area contributed by atoms with E-state index in [0.717, 1.165) is 27.8 Å². The predicted molar refractivity (Wildman–Crippen MR) is 103 cm³/mol. The number of aliphatic carboxylic acids is 1. The molecule has 0 N–H and O–H groups in total. The summed E-state index contributed by atoms with van der Waals surface area (Å²) in [5.41, 5.74) is 0.603. The molecule has 0 aliphatic carbocycles. The third-order valence-corrected chi connectivity index (χ3v) is 5.14. The number of carbonyl (C=O) groups is 1. The Hall–Kier alpha value is -2.04. The molecule has 0 fully saturated rings. The van der Waals surface area contributed by atoms with Crippen LogP contribution >= 0.6 is 11.8 Å². The topological polar surface area (TPSA) is 86.0 Å². The van der Waals surface area contributed by atoms with Crippen molar-refractivity contribution in [2.24, 2.45) is 0 Å². The van der Waals surface area contributed by atoms with E-state index in [2.05, 4.69) is 11.1 Å². The summed E-state index contributed by atoms with van der Waals surface area (Å²) in [5.74, 6) is 1.07. The van der Waals surface area contributed by atoms with Gasteiger partial charge in [-0.25, -0.2) is 0 Å². The molecule has 7 heteroatoms. The second kappa shape index (κ2) is 11.1. The van der Waals surface area contributed by atoms with Gasteiger partial charge in [0.2, 0.25) is 0 Å². The summed E-state index contributed by atoms with van der Waals surface area (Å²) in [6.07, 6.45) is 4.82. The van der Waals surface area contributed by atoms with Gasteiger partial charge in [-0.1, -0.05) is 24.3 Å². The minimum atomic E-state index is -1.01. The molecule has 3 aromatic rings. The molecule has 136 valence electrons. The van der Waals surface area contributed by atoms with Gasteiger partial charge in [0.15, 0.2) is 5.75 Å². The van der Waals surface area contributed by atoms with Crippen molar-refractivity contribution in [3.63, 3.8) is 0 Å². The van der Waals surface area contributed by atoms with Crippen LogP contribution in [0.25, 0.3) is 10.8 Å². The SMILES string of the molecule is N#Cc1ccc(Oc2cnccc2SCCCCC(=O)[O-])c2ccccc12.[Na+]. The number of thioether (sulfide) groups is 1. The molecule has 0 aliphatic rings. The van der Waals surface area contributed by atoms with E-state index >= 15 is 0 Å². The fraction of sp³-hybridized carbons (Fsp3) is 0.190. The van der Waals surface area contributed by atoms with Crippen LogP contribution in [0.1, 0.15) is 24.8 Å². The summed E-state index contributed by atoms with van der Waals surface area (Å²) in [6.45, 7) is 0. The number of nitriles is 1. The van der Waals surface area contributed by atoms with Crippen LogP contribution in [0.2, 0.25) is 0 Å². The van der Waals surface area contributed by atoms with Gasteiger partial charge < -0.3 is 14.6 Å². The molecule has 0 saturated carbocycles. The van der Waals surface area contributed by atoms with Crippen LogP contribution in [0.3, 0.4) is 0 Å². The van der Waals surface area contributed by atoms with Gasteiger partial charge in [0.05, 0.1) is 22.7 Å². The van der Waals surface area contributed by atoms with Crippen LogP contribution in [0.5, 0.6) is 11.5 Å². The molecule has 3 rings (SSSR count). The van der Waals surface area contributed by atoms with Crippen molar-refractivity contribution in [1.82, 2.24) is 4.98 Å². The molecule has 0 radical (unpaired) electrons. The smallest absolute Gasteiger partial charge is 0.550 e. The number of pyridine rings is 1. The number of fused-ring (bicyclic) bond motifs is 1. The minimum Gasteiger partial charge on any atom is -0.550 e. The van der Waals surface area contributed by atoms with Crippen molar-refractivity contribution in [3.8, 4) is 17.6 Å². The average molecular weight is 400 g/mol. The third kappa shape index (κ3) is 5.73. The summed E-state index contributed by atoms with van der Waals surface area (Å²) in [7, 11) is 0. The molecule has 0 spiro atoms. The van der Waals surface area contributed by atoms with Gasteiger partial charge in [0, 0.05) is 22.9 Å². The Morgan fingerprint density at radius 1 is 1.11 bits per heavy atom. The molecule has 0 amide bonds. The molecular formula is C21H17N2NaO3S. The number of ether oxygens (including phenoxy) is 1. The number of hydrogen-bond acceptors (Lipinski definition) is 6. The zero-order valence-electron chi connectivity index (χ0n) is 15.6.